The van der Waals surface area contributed by atoms with Gasteiger partial charge in [0.2, 0.25) is 0 Å². The number of nitrogens with zero attached hydrogens (tertiary/aromatic N) is 1. The standard InChI is InChI=1S/C11H13N3/c1-2-8-3-4-9-11(10(8)13-5-1)14-7-6-12-9/h1-3,5,9,12,14H,4,6-7H2. The van der Waals surface area contributed by atoms with Gasteiger partial charge in [0.1, 0.15) is 0 Å². The van der Waals surface area contributed by atoms with Gasteiger partial charge in [0.05, 0.1) is 17.1 Å². The Morgan fingerprint density at radius 2 is 2.36 bits per heavy atom. The van der Waals surface area contributed by atoms with Crippen LogP contribution >= 0.6 is 0 Å². The smallest absolute Gasteiger partial charge is 0.0904 e. The minimum Gasteiger partial charge on any atom is -0.384 e. The summed E-state index contributed by atoms with van der Waals surface area (Å²) in [5.74, 6) is 0. The minimum atomic E-state index is 0.450. The van der Waals surface area contributed by atoms with E-state index in [9.17, 15) is 0 Å². The summed E-state index contributed by atoms with van der Waals surface area (Å²) in [7, 11) is 0. The zero-order valence-electron chi connectivity index (χ0n) is 7.96. The Hall–Kier alpha value is -1.35. The molecule has 0 radical (unpaired) electrons. The zero-order valence-corrected chi connectivity index (χ0v) is 7.96. The van der Waals surface area contributed by atoms with Crippen molar-refractivity contribution in [2.75, 3.05) is 13.1 Å². The summed E-state index contributed by atoms with van der Waals surface area (Å²) in [6.07, 6.45) is 5.19. The van der Waals surface area contributed by atoms with Gasteiger partial charge in [-0.3, -0.25) is 4.98 Å². The zero-order chi connectivity index (χ0) is 9.38. The number of rotatable bonds is 0. The van der Waals surface area contributed by atoms with E-state index in [1.807, 2.05) is 12.3 Å². The lowest BCUT2D eigenvalue weighted by Gasteiger charge is -2.29. The van der Waals surface area contributed by atoms with Crippen LogP contribution in [0.2, 0.25) is 0 Å². The van der Waals surface area contributed by atoms with Gasteiger partial charge >= 0.3 is 0 Å². The summed E-state index contributed by atoms with van der Waals surface area (Å²) < 4.78 is 0. The minimum absolute atomic E-state index is 0.450. The van der Waals surface area contributed by atoms with Crippen molar-refractivity contribution in [3.8, 4) is 0 Å². The van der Waals surface area contributed by atoms with Crippen molar-refractivity contribution in [3.05, 3.63) is 28.9 Å². The highest BCUT2D eigenvalue weighted by molar-refractivity contribution is 5.54. The number of piperazine rings is 1. The summed E-state index contributed by atoms with van der Waals surface area (Å²) >= 11 is 0. The Kier molecular flexibility index (Phi) is 1.77. The molecule has 3 rings (SSSR count). The third-order valence-electron chi connectivity index (χ3n) is 2.85. The highest BCUT2D eigenvalue weighted by Gasteiger charge is 2.20. The van der Waals surface area contributed by atoms with Gasteiger partial charge in [-0.2, -0.15) is 0 Å². The summed E-state index contributed by atoms with van der Waals surface area (Å²) in [5.41, 5.74) is 1.27. The molecule has 1 saturated heterocycles. The van der Waals surface area contributed by atoms with Crippen molar-refractivity contribution in [2.45, 2.75) is 12.5 Å². The van der Waals surface area contributed by atoms with E-state index in [4.69, 9.17) is 0 Å². The van der Waals surface area contributed by atoms with Gasteiger partial charge in [0.25, 0.3) is 0 Å². The Bertz CT molecular complexity index is 464. The summed E-state index contributed by atoms with van der Waals surface area (Å²) in [4.78, 5) is 4.43. The first kappa shape index (κ1) is 8.00. The number of fused-ring (bicyclic) bond motifs is 2. The molecule has 14 heavy (non-hydrogen) atoms. The molecular formula is C11H13N3. The first-order valence-electron chi connectivity index (χ1n) is 5.08. The number of pyridine rings is 1. The van der Waals surface area contributed by atoms with Gasteiger partial charge in [-0.15, -0.1) is 0 Å². The van der Waals surface area contributed by atoms with Crippen LogP contribution in [0.5, 0.6) is 0 Å². The molecular weight excluding hydrogens is 174 g/mol. The van der Waals surface area contributed by atoms with E-state index in [2.05, 4.69) is 27.8 Å². The lowest BCUT2D eigenvalue weighted by Crippen LogP contribution is -2.52. The quantitative estimate of drug-likeness (QED) is 0.543. The monoisotopic (exact) mass is 187 g/mol. The Labute approximate surface area is 82.5 Å². The predicted molar refractivity (Wildman–Crippen MR) is 55.8 cm³/mol. The molecule has 0 bridgehead atoms. The molecule has 1 aromatic heterocycles. The van der Waals surface area contributed by atoms with Crippen molar-refractivity contribution in [2.24, 2.45) is 0 Å². The van der Waals surface area contributed by atoms with Crippen molar-refractivity contribution in [1.82, 2.24) is 15.6 Å². The number of hydrogen-bond acceptors (Lipinski definition) is 3. The predicted octanol–water partition coefficient (Wildman–Crippen LogP) is -1.06. The fourth-order valence-electron chi connectivity index (χ4n) is 2.17. The van der Waals surface area contributed by atoms with E-state index >= 15 is 0 Å². The third kappa shape index (κ3) is 1.13. The molecule has 1 fully saturated rings. The Morgan fingerprint density at radius 3 is 3.36 bits per heavy atom. The molecule has 1 aliphatic carbocycles. The van der Waals surface area contributed by atoms with Crippen LogP contribution in [0.1, 0.15) is 6.42 Å². The molecule has 2 heterocycles. The number of hydrogen-bond donors (Lipinski definition) is 2. The van der Waals surface area contributed by atoms with Crippen molar-refractivity contribution in [1.29, 1.82) is 0 Å². The van der Waals surface area contributed by atoms with Gasteiger partial charge in [-0.25, -0.2) is 0 Å². The molecule has 2 N–H and O–H groups in total. The van der Waals surface area contributed by atoms with Crippen LogP contribution in [-0.2, 0) is 0 Å². The first-order valence-corrected chi connectivity index (χ1v) is 5.08. The number of nitrogens with one attached hydrogen (secondary N) is 2. The summed E-state index contributed by atoms with van der Waals surface area (Å²) in [6.45, 7) is 2.05. The lowest BCUT2D eigenvalue weighted by atomic mass is 10.0. The normalized spacial score (nSPS) is 24.3. The highest BCUT2D eigenvalue weighted by Crippen LogP contribution is 2.08. The summed E-state index contributed by atoms with van der Waals surface area (Å²) in [6, 6.07) is 4.57. The molecule has 0 saturated carbocycles. The second kappa shape index (κ2) is 3.10. The van der Waals surface area contributed by atoms with Crippen LogP contribution in [0.3, 0.4) is 0 Å². The van der Waals surface area contributed by atoms with Crippen LogP contribution in [0.25, 0.3) is 11.8 Å². The fraction of sp³-hybridized carbons (Fsp3) is 0.364. The van der Waals surface area contributed by atoms with Crippen molar-refractivity contribution in [3.63, 3.8) is 0 Å². The number of aromatic nitrogens is 1. The van der Waals surface area contributed by atoms with E-state index in [-0.39, 0.29) is 0 Å². The maximum absolute atomic E-state index is 4.43. The van der Waals surface area contributed by atoms with Crippen LogP contribution in [0.15, 0.2) is 18.3 Å². The van der Waals surface area contributed by atoms with Gasteiger partial charge in [0, 0.05) is 19.3 Å². The average Bonchev–Trinajstić information content (AvgIpc) is 2.29. The summed E-state index contributed by atoms with van der Waals surface area (Å²) in [5, 5.41) is 9.32. The molecule has 3 heteroatoms. The topological polar surface area (TPSA) is 37.0 Å². The van der Waals surface area contributed by atoms with E-state index in [0.29, 0.717) is 6.04 Å². The maximum Gasteiger partial charge on any atom is 0.0904 e. The van der Waals surface area contributed by atoms with Crippen LogP contribution in [0, 0.1) is 0 Å². The van der Waals surface area contributed by atoms with Crippen LogP contribution in [0.4, 0.5) is 0 Å². The average molecular weight is 187 g/mol. The molecule has 72 valence electrons. The Balaban J connectivity index is 2.27. The lowest BCUT2D eigenvalue weighted by molar-refractivity contribution is 0.534. The van der Waals surface area contributed by atoms with E-state index in [1.54, 1.807) is 0 Å². The second-order valence-electron chi connectivity index (χ2n) is 3.73. The van der Waals surface area contributed by atoms with Crippen molar-refractivity contribution < 1.29 is 0 Å². The fourth-order valence-corrected chi connectivity index (χ4v) is 2.17. The molecule has 1 aromatic rings. The highest BCUT2D eigenvalue weighted by atomic mass is 15.1. The molecule has 0 amide bonds. The maximum atomic E-state index is 4.43. The molecule has 1 unspecified atom stereocenters. The third-order valence-corrected chi connectivity index (χ3v) is 2.85. The van der Waals surface area contributed by atoms with Crippen molar-refractivity contribution >= 4 is 11.8 Å². The molecule has 0 spiro atoms. The largest absolute Gasteiger partial charge is 0.384 e. The molecule has 1 aliphatic heterocycles. The molecule has 2 aliphatic rings. The SMILES string of the molecule is C1=c2cccnc2=C2NCCNC2C1. The molecule has 3 nitrogen and oxygen atoms in total. The molecule has 1 atom stereocenters. The van der Waals surface area contributed by atoms with Gasteiger partial charge in [-0.05, 0) is 17.7 Å². The van der Waals surface area contributed by atoms with E-state index in [0.717, 1.165) is 24.9 Å². The van der Waals surface area contributed by atoms with Gasteiger partial charge < -0.3 is 10.6 Å². The van der Waals surface area contributed by atoms with Gasteiger partial charge in [0.15, 0.2) is 0 Å². The van der Waals surface area contributed by atoms with Crippen LogP contribution < -0.4 is 21.2 Å². The Morgan fingerprint density at radius 1 is 1.36 bits per heavy atom. The van der Waals surface area contributed by atoms with E-state index in [1.165, 1.54) is 10.9 Å². The van der Waals surface area contributed by atoms with E-state index < -0.39 is 0 Å². The van der Waals surface area contributed by atoms with Crippen LogP contribution in [-0.4, -0.2) is 24.1 Å². The molecule has 0 aromatic carbocycles. The first-order chi connectivity index (χ1) is 6.95. The second-order valence-corrected chi connectivity index (χ2v) is 3.73. The van der Waals surface area contributed by atoms with Gasteiger partial charge in [-0.1, -0.05) is 12.1 Å².